The molecule has 1 saturated heterocycles. The molecule has 1 aliphatic heterocycles. The summed E-state index contributed by atoms with van der Waals surface area (Å²) in [5.74, 6) is 2.14. The molecule has 8 nitrogen and oxygen atoms in total. The third-order valence-electron chi connectivity index (χ3n) is 4.97. The van der Waals surface area contributed by atoms with Gasteiger partial charge in [-0.1, -0.05) is 6.92 Å². The van der Waals surface area contributed by atoms with Crippen molar-refractivity contribution in [1.29, 1.82) is 0 Å². The molecule has 0 amide bonds. The molecule has 4 heterocycles. The Balaban J connectivity index is 1.43. The minimum Gasteiger partial charge on any atom is -0.354 e. The second-order valence-electron chi connectivity index (χ2n) is 7.07. The maximum Gasteiger partial charge on any atom is 0.252 e. The fourth-order valence-corrected chi connectivity index (χ4v) is 6.17. The number of hydrogen-bond acceptors (Lipinski definition) is 8. The second kappa shape index (κ2) is 8.66. The van der Waals surface area contributed by atoms with Crippen LogP contribution >= 0.6 is 11.3 Å². The number of pyridine rings is 1. The molecule has 1 aliphatic rings. The second-order valence-corrected chi connectivity index (χ2v) is 10.4. The molecule has 3 aromatic rings. The van der Waals surface area contributed by atoms with Crippen molar-refractivity contribution in [1.82, 2.24) is 19.3 Å². The lowest BCUT2D eigenvalue weighted by atomic mass is 10.3. The lowest BCUT2D eigenvalue weighted by Crippen LogP contribution is -2.48. The summed E-state index contributed by atoms with van der Waals surface area (Å²) in [4.78, 5) is 16.1. The van der Waals surface area contributed by atoms with E-state index in [1.807, 2.05) is 38.1 Å². The molecule has 10 heteroatoms. The number of aryl methyl sites for hydroxylation is 2. The molecule has 0 saturated carbocycles. The number of piperazine rings is 1. The number of sulfonamides is 1. The largest absolute Gasteiger partial charge is 0.354 e. The van der Waals surface area contributed by atoms with E-state index in [2.05, 4.69) is 25.2 Å². The average Bonchev–Trinajstić information content (AvgIpc) is 3.24. The number of nitrogens with zero attached hydrogens (tertiary/aromatic N) is 5. The quantitative estimate of drug-likeness (QED) is 0.625. The van der Waals surface area contributed by atoms with Crippen LogP contribution in [0.25, 0.3) is 0 Å². The van der Waals surface area contributed by atoms with E-state index in [0.29, 0.717) is 36.2 Å². The molecule has 0 spiro atoms. The summed E-state index contributed by atoms with van der Waals surface area (Å²) >= 11 is 1.36. The predicted octanol–water partition coefficient (Wildman–Crippen LogP) is 3.06. The van der Waals surface area contributed by atoms with Gasteiger partial charge in [-0.05, 0) is 43.2 Å². The summed E-state index contributed by atoms with van der Waals surface area (Å²) in [7, 11) is -3.44. The Labute approximate surface area is 180 Å². The molecule has 0 aromatic carbocycles. The minimum atomic E-state index is -3.44. The standard InChI is InChI=1S/C20H24N6O2S2/c1-3-16-4-5-20(29-16)30(27,28)26-10-8-25(9-11-26)19-13-18(22-14-23-19)24-17-12-15(2)6-7-21-17/h4-7,12-14H,3,8-11H2,1-2H3,(H,21,22,23,24). The van der Waals surface area contributed by atoms with Gasteiger partial charge in [0.15, 0.2) is 0 Å². The van der Waals surface area contributed by atoms with Crippen LogP contribution in [0.1, 0.15) is 17.4 Å². The Kier molecular flexibility index (Phi) is 5.98. The molecule has 30 heavy (non-hydrogen) atoms. The van der Waals surface area contributed by atoms with Crippen molar-refractivity contribution in [2.45, 2.75) is 24.5 Å². The predicted molar refractivity (Wildman–Crippen MR) is 119 cm³/mol. The van der Waals surface area contributed by atoms with Gasteiger partial charge in [0.25, 0.3) is 10.0 Å². The van der Waals surface area contributed by atoms with Gasteiger partial charge in [-0.2, -0.15) is 4.31 Å². The first kappa shape index (κ1) is 20.7. The number of anilines is 3. The summed E-state index contributed by atoms with van der Waals surface area (Å²) in [5, 5.41) is 3.19. The lowest BCUT2D eigenvalue weighted by Gasteiger charge is -2.34. The van der Waals surface area contributed by atoms with Gasteiger partial charge >= 0.3 is 0 Å². The molecule has 4 rings (SSSR count). The molecule has 0 atom stereocenters. The van der Waals surface area contributed by atoms with E-state index in [-0.39, 0.29) is 0 Å². The molecule has 158 valence electrons. The molecule has 0 aliphatic carbocycles. The Bertz CT molecular complexity index is 1120. The fraction of sp³-hybridized carbons (Fsp3) is 0.350. The van der Waals surface area contributed by atoms with Gasteiger partial charge in [0.1, 0.15) is 28.0 Å². The highest BCUT2D eigenvalue weighted by molar-refractivity contribution is 7.91. The van der Waals surface area contributed by atoms with E-state index in [4.69, 9.17) is 0 Å². The van der Waals surface area contributed by atoms with Crippen molar-refractivity contribution < 1.29 is 8.42 Å². The molecule has 0 radical (unpaired) electrons. The normalized spacial score (nSPS) is 15.3. The van der Waals surface area contributed by atoms with Gasteiger partial charge in [0.2, 0.25) is 0 Å². The van der Waals surface area contributed by atoms with E-state index in [1.54, 1.807) is 16.6 Å². The topological polar surface area (TPSA) is 91.3 Å². The van der Waals surface area contributed by atoms with Crippen LogP contribution < -0.4 is 10.2 Å². The van der Waals surface area contributed by atoms with Crippen LogP contribution in [-0.4, -0.2) is 53.9 Å². The third kappa shape index (κ3) is 4.45. The van der Waals surface area contributed by atoms with Crippen LogP contribution in [0, 0.1) is 6.92 Å². The van der Waals surface area contributed by atoms with Crippen LogP contribution in [0.2, 0.25) is 0 Å². The first-order chi connectivity index (χ1) is 14.5. The number of nitrogens with one attached hydrogen (secondary N) is 1. The molecule has 3 aromatic heterocycles. The Hall–Kier alpha value is -2.56. The van der Waals surface area contributed by atoms with Crippen LogP contribution in [0.3, 0.4) is 0 Å². The molecular weight excluding hydrogens is 420 g/mol. The summed E-state index contributed by atoms with van der Waals surface area (Å²) < 4.78 is 27.8. The van der Waals surface area contributed by atoms with E-state index in [0.717, 1.165) is 28.5 Å². The van der Waals surface area contributed by atoms with Gasteiger partial charge in [-0.15, -0.1) is 11.3 Å². The maximum absolute atomic E-state index is 12.9. The molecule has 1 fully saturated rings. The van der Waals surface area contributed by atoms with Crippen LogP contribution in [0.15, 0.2) is 47.1 Å². The highest BCUT2D eigenvalue weighted by Crippen LogP contribution is 2.27. The average molecular weight is 445 g/mol. The van der Waals surface area contributed by atoms with Gasteiger partial charge in [-0.25, -0.2) is 23.4 Å². The summed E-state index contributed by atoms with van der Waals surface area (Å²) in [5.41, 5.74) is 1.11. The van der Waals surface area contributed by atoms with Gasteiger partial charge in [-0.3, -0.25) is 0 Å². The Morgan fingerprint density at radius 3 is 2.50 bits per heavy atom. The highest BCUT2D eigenvalue weighted by Gasteiger charge is 2.30. The van der Waals surface area contributed by atoms with E-state index in [9.17, 15) is 8.42 Å². The lowest BCUT2D eigenvalue weighted by molar-refractivity contribution is 0.385. The zero-order valence-corrected chi connectivity index (χ0v) is 18.6. The first-order valence-electron chi connectivity index (χ1n) is 9.81. The summed E-state index contributed by atoms with van der Waals surface area (Å²) in [6.45, 7) is 6.03. The monoisotopic (exact) mass is 444 g/mol. The zero-order valence-electron chi connectivity index (χ0n) is 16.9. The Morgan fingerprint density at radius 1 is 1.03 bits per heavy atom. The van der Waals surface area contributed by atoms with Crippen molar-refractivity contribution in [2.75, 3.05) is 36.4 Å². The van der Waals surface area contributed by atoms with E-state index in [1.165, 1.54) is 17.7 Å². The Morgan fingerprint density at radius 2 is 1.80 bits per heavy atom. The zero-order chi connectivity index (χ0) is 21.1. The molecule has 0 unspecified atom stereocenters. The number of rotatable bonds is 6. The van der Waals surface area contributed by atoms with Crippen LogP contribution in [0.4, 0.5) is 17.5 Å². The smallest absolute Gasteiger partial charge is 0.252 e. The van der Waals surface area contributed by atoms with Crippen molar-refractivity contribution in [3.8, 4) is 0 Å². The van der Waals surface area contributed by atoms with E-state index >= 15 is 0 Å². The van der Waals surface area contributed by atoms with Gasteiger partial charge < -0.3 is 10.2 Å². The minimum absolute atomic E-state index is 0.423. The number of thiophene rings is 1. The van der Waals surface area contributed by atoms with Crippen LogP contribution in [-0.2, 0) is 16.4 Å². The first-order valence-corrected chi connectivity index (χ1v) is 12.1. The van der Waals surface area contributed by atoms with Crippen molar-refractivity contribution in [2.24, 2.45) is 0 Å². The number of aromatic nitrogens is 3. The molecule has 0 bridgehead atoms. The highest BCUT2D eigenvalue weighted by atomic mass is 32.2. The SMILES string of the molecule is CCc1ccc(S(=O)(=O)N2CCN(c3cc(Nc4cc(C)ccn4)ncn3)CC2)s1. The maximum atomic E-state index is 12.9. The summed E-state index contributed by atoms with van der Waals surface area (Å²) in [6, 6.07) is 9.35. The van der Waals surface area contributed by atoms with Gasteiger partial charge in [0, 0.05) is 43.3 Å². The summed E-state index contributed by atoms with van der Waals surface area (Å²) in [6.07, 6.45) is 4.10. The number of hydrogen-bond donors (Lipinski definition) is 1. The van der Waals surface area contributed by atoms with Crippen LogP contribution in [0.5, 0.6) is 0 Å². The van der Waals surface area contributed by atoms with E-state index < -0.39 is 10.0 Å². The van der Waals surface area contributed by atoms with Gasteiger partial charge in [0.05, 0.1) is 0 Å². The third-order valence-corrected chi connectivity index (χ3v) is 8.56. The molecule has 1 N–H and O–H groups in total. The van der Waals surface area contributed by atoms with Crippen molar-refractivity contribution in [3.05, 3.63) is 53.3 Å². The molecular formula is C20H24N6O2S2. The fourth-order valence-electron chi connectivity index (χ4n) is 3.30. The van der Waals surface area contributed by atoms with Crippen molar-refractivity contribution >= 4 is 38.8 Å². The van der Waals surface area contributed by atoms with Crippen molar-refractivity contribution in [3.63, 3.8) is 0 Å².